The van der Waals surface area contributed by atoms with Gasteiger partial charge in [-0.15, -0.1) is 0 Å². The van der Waals surface area contributed by atoms with Crippen LogP contribution in [-0.2, 0) is 9.59 Å². The topological polar surface area (TPSA) is 37.4 Å². The summed E-state index contributed by atoms with van der Waals surface area (Å²) in [5.74, 6) is -0.384. The molecular weight excluding hydrogens is 238 g/mol. The van der Waals surface area contributed by atoms with Crippen LogP contribution in [0.4, 0.5) is 5.69 Å². The van der Waals surface area contributed by atoms with Crippen LogP contribution in [0.3, 0.4) is 0 Å². The average Bonchev–Trinajstić information content (AvgIpc) is 2.63. The van der Waals surface area contributed by atoms with E-state index in [4.69, 9.17) is 0 Å². The molecule has 0 aromatic heterocycles. The maximum absolute atomic E-state index is 12.5. The molecule has 1 fully saturated rings. The van der Waals surface area contributed by atoms with Gasteiger partial charge in [0, 0.05) is 0 Å². The predicted molar refractivity (Wildman–Crippen MR) is 73.6 cm³/mol. The number of amides is 2. The van der Waals surface area contributed by atoms with E-state index in [1.807, 2.05) is 38.1 Å². The molecule has 0 unspecified atom stereocenters. The molecule has 2 amide bonds. The van der Waals surface area contributed by atoms with Crippen molar-refractivity contribution in [3.63, 3.8) is 0 Å². The lowest BCUT2D eigenvalue weighted by Gasteiger charge is -2.18. The second-order valence-corrected chi connectivity index (χ2v) is 5.55. The van der Waals surface area contributed by atoms with E-state index < -0.39 is 0 Å². The zero-order valence-electron chi connectivity index (χ0n) is 11.2. The molecule has 3 rings (SSSR count). The van der Waals surface area contributed by atoms with Gasteiger partial charge in [-0.25, -0.2) is 0 Å². The summed E-state index contributed by atoms with van der Waals surface area (Å²) in [6, 6.07) is 7.56. The van der Waals surface area contributed by atoms with Crippen molar-refractivity contribution in [1.29, 1.82) is 0 Å². The van der Waals surface area contributed by atoms with Gasteiger partial charge in [0.15, 0.2) is 0 Å². The highest BCUT2D eigenvalue weighted by Gasteiger charge is 2.48. The number of aryl methyl sites for hydroxylation is 1. The first-order valence-corrected chi connectivity index (χ1v) is 6.68. The summed E-state index contributed by atoms with van der Waals surface area (Å²) < 4.78 is 0. The second-order valence-electron chi connectivity index (χ2n) is 5.55. The van der Waals surface area contributed by atoms with Gasteiger partial charge in [0.25, 0.3) is 0 Å². The predicted octanol–water partition coefficient (Wildman–Crippen LogP) is 2.84. The van der Waals surface area contributed by atoms with Crippen LogP contribution in [0.25, 0.3) is 0 Å². The Morgan fingerprint density at radius 2 is 1.63 bits per heavy atom. The number of rotatable bonds is 1. The number of carbonyl (C=O) groups excluding carboxylic acids is 2. The van der Waals surface area contributed by atoms with E-state index in [1.54, 1.807) is 0 Å². The van der Waals surface area contributed by atoms with Crippen molar-refractivity contribution in [1.82, 2.24) is 0 Å². The van der Waals surface area contributed by atoms with Crippen LogP contribution in [0.1, 0.15) is 25.3 Å². The van der Waals surface area contributed by atoms with E-state index in [0.29, 0.717) is 12.1 Å². The molecule has 1 aliphatic heterocycles. The molecule has 3 nitrogen and oxygen atoms in total. The van der Waals surface area contributed by atoms with Crippen molar-refractivity contribution in [3.05, 3.63) is 41.5 Å². The highest BCUT2D eigenvalue weighted by atomic mass is 16.2. The molecule has 0 spiro atoms. The van der Waals surface area contributed by atoms with E-state index in [-0.39, 0.29) is 23.7 Å². The summed E-state index contributed by atoms with van der Waals surface area (Å²) in [5, 5.41) is 0. The molecule has 1 saturated heterocycles. The van der Waals surface area contributed by atoms with Gasteiger partial charge in [0.2, 0.25) is 11.8 Å². The minimum atomic E-state index is -0.155. The Hall–Kier alpha value is -1.90. The molecule has 2 atom stereocenters. The van der Waals surface area contributed by atoms with Crippen molar-refractivity contribution in [3.8, 4) is 0 Å². The summed E-state index contributed by atoms with van der Waals surface area (Å²) in [7, 11) is 0. The number of carbonyl (C=O) groups is 2. The highest BCUT2D eigenvalue weighted by molar-refractivity contribution is 6.22. The SMILES string of the molecule is CC1=CC[C@@H]2C(=O)N(c3ccc(C)cc3)C(=O)[C@H]2C1. The first kappa shape index (κ1) is 12.2. The Bertz CT molecular complexity index is 571. The van der Waals surface area contributed by atoms with Crippen LogP contribution < -0.4 is 4.90 Å². The summed E-state index contributed by atoms with van der Waals surface area (Å²) >= 11 is 0. The average molecular weight is 255 g/mol. The second kappa shape index (κ2) is 4.34. The number of hydrogen-bond donors (Lipinski definition) is 0. The lowest BCUT2D eigenvalue weighted by Crippen LogP contribution is -2.30. The normalized spacial score (nSPS) is 26.4. The summed E-state index contributed by atoms with van der Waals surface area (Å²) in [6.07, 6.45) is 3.51. The van der Waals surface area contributed by atoms with Crippen LogP contribution in [-0.4, -0.2) is 11.8 Å². The molecule has 0 radical (unpaired) electrons. The van der Waals surface area contributed by atoms with Crippen molar-refractivity contribution < 1.29 is 9.59 Å². The fourth-order valence-electron chi connectivity index (χ4n) is 2.99. The molecule has 1 heterocycles. The van der Waals surface area contributed by atoms with Crippen LogP contribution in [0, 0.1) is 18.8 Å². The quantitative estimate of drug-likeness (QED) is 0.571. The molecule has 98 valence electrons. The van der Waals surface area contributed by atoms with Crippen LogP contribution >= 0.6 is 0 Å². The molecule has 1 aromatic rings. The lowest BCUT2D eigenvalue weighted by atomic mass is 9.82. The van der Waals surface area contributed by atoms with Crippen LogP contribution in [0.2, 0.25) is 0 Å². The highest BCUT2D eigenvalue weighted by Crippen LogP contribution is 2.39. The Morgan fingerprint density at radius 1 is 1.00 bits per heavy atom. The number of hydrogen-bond acceptors (Lipinski definition) is 2. The number of anilines is 1. The van der Waals surface area contributed by atoms with Gasteiger partial charge in [0.1, 0.15) is 0 Å². The summed E-state index contributed by atoms with van der Waals surface area (Å²) in [6.45, 7) is 4.02. The third kappa shape index (κ3) is 1.89. The molecule has 19 heavy (non-hydrogen) atoms. The van der Waals surface area contributed by atoms with Crippen LogP contribution in [0.15, 0.2) is 35.9 Å². The molecule has 0 saturated carbocycles. The Morgan fingerprint density at radius 3 is 2.32 bits per heavy atom. The third-order valence-corrected chi connectivity index (χ3v) is 4.12. The standard InChI is InChI=1S/C16H17NO2/c1-10-3-6-12(7-4-10)17-15(18)13-8-5-11(2)9-14(13)16(17)19/h3-7,13-14H,8-9H2,1-2H3/t13-,14-/m0/s1. The van der Waals surface area contributed by atoms with Gasteiger partial charge in [-0.3, -0.25) is 14.5 Å². The van der Waals surface area contributed by atoms with Gasteiger partial charge in [-0.2, -0.15) is 0 Å². The summed E-state index contributed by atoms with van der Waals surface area (Å²) in [5.41, 5.74) is 3.04. The number of benzene rings is 1. The molecule has 2 aliphatic rings. The smallest absolute Gasteiger partial charge is 0.238 e. The zero-order chi connectivity index (χ0) is 13.6. The van der Waals surface area contributed by atoms with E-state index in [2.05, 4.69) is 6.08 Å². The van der Waals surface area contributed by atoms with Crippen molar-refractivity contribution in [2.75, 3.05) is 4.90 Å². The van der Waals surface area contributed by atoms with E-state index in [0.717, 1.165) is 12.0 Å². The Labute approximate surface area is 112 Å². The Kier molecular flexibility index (Phi) is 2.77. The fraction of sp³-hybridized carbons (Fsp3) is 0.375. The molecular formula is C16H17NO2. The van der Waals surface area contributed by atoms with Crippen molar-refractivity contribution >= 4 is 17.5 Å². The lowest BCUT2D eigenvalue weighted by molar-refractivity contribution is -0.122. The zero-order valence-corrected chi connectivity index (χ0v) is 11.2. The van der Waals surface area contributed by atoms with Gasteiger partial charge in [0.05, 0.1) is 17.5 Å². The minimum absolute atomic E-state index is 0.0358. The van der Waals surface area contributed by atoms with Gasteiger partial charge in [-0.05, 0) is 38.8 Å². The molecule has 1 aromatic carbocycles. The van der Waals surface area contributed by atoms with Crippen molar-refractivity contribution in [2.24, 2.45) is 11.8 Å². The molecule has 3 heteroatoms. The van der Waals surface area contributed by atoms with Crippen LogP contribution in [0.5, 0.6) is 0 Å². The van der Waals surface area contributed by atoms with E-state index >= 15 is 0 Å². The minimum Gasteiger partial charge on any atom is -0.274 e. The number of nitrogens with zero attached hydrogens (tertiary/aromatic N) is 1. The van der Waals surface area contributed by atoms with Crippen molar-refractivity contribution in [2.45, 2.75) is 26.7 Å². The maximum atomic E-state index is 12.5. The van der Waals surface area contributed by atoms with Gasteiger partial charge in [-0.1, -0.05) is 29.3 Å². The van der Waals surface area contributed by atoms with Gasteiger partial charge >= 0.3 is 0 Å². The third-order valence-electron chi connectivity index (χ3n) is 4.12. The largest absolute Gasteiger partial charge is 0.274 e. The van der Waals surface area contributed by atoms with Gasteiger partial charge < -0.3 is 0 Å². The number of fused-ring (bicyclic) bond motifs is 1. The summed E-state index contributed by atoms with van der Waals surface area (Å²) in [4.78, 5) is 26.3. The molecule has 0 bridgehead atoms. The number of imide groups is 1. The van der Waals surface area contributed by atoms with E-state index in [1.165, 1.54) is 10.5 Å². The molecule has 1 aliphatic carbocycles. The monoisotopic (exact) mass is 255 g/mol. The number of allylic oxidation sites excluding steroid dienone is 2. The maximum Gasteiger partial charge on any atom is 0.238 e. The fourth-order valence-corrected chi connectivity index (χ4v) is 2.99. The Balaban J connectivity index is 1.95. The first-order chi connectivity index (χ1) is 9.08. The van der Waals surface area contributed by atoms with E-state index in [9.17, 15) is 9.59 Å². The molecule has 0 N–H and O–H groups in total. The first-order valence-electron chi connectivity index (χ1n) is 6.68.